The van der Waals surface area contributed by atoms with Crippen LogP contribution in [0.3, 0.4) is 0 Å². The highest BCUT2D eigenvalue weighted by Gasteiger charge is 2.20. The first kappa shape index (κ1) is 13.4. The minimum absolute atomic E-state index is 0.101. The lowest BCUT2D eigenvalue weighted by Crippen LogP contribution is -2.43. The van der Waals surface area contributed by atoms with Gasteiger partial charge in [-0.15, -0.1) is 0 Å². The fraction of sp³-hybridized carbons (Fsp3) is 0.462. The summed E-state index contributed by atoms with van der Waals surface area (Å²) in [6.45, 7) is 4.84. The van der Waals surface area contributed by atoms with Gasteiger partial charge in [0.2, 0.25) is 0 Å². The Balaban J connectivity index is 2.18. The number of hydrogen-bond acceptors (Lipinski definition) is 3. The molecule has 1 atom stereocenters. The van der Waals surface area contributed by atoms with Crippen LogP contribution in [-0.4, -0.2) is 35.7 Å². The van der Waals surface area contributed by atoms with Crippen molar-refractivity contribution in [3.8, 4) is 0 Å². The Morgan fingerprint density at radius 1 is 1.61 bits per heavy atom. The topological polar surface area (TPSA) is 38.5 Å². The summed E-state index contributed by atoms with van der Waals surface area (Å²) in [6.07, 6.45) is 0. The Labute approximate surface area is 112 Å². The van der Waals surface area contributed by atoms with Gasteiger partial charge in [0.1, 0.15) is 10.8 Å². The van der Waals surface area contributed by atoms with E-state index >= 15 is 0 Å². The summed E-state index contributed by atoms with van der Waals surface area (Å²) in [5.41, 5.74) is 6.46. The lowest BCUT2D eigenvalue weighted by Gasteiger charge is -2.33. The third-order valence-corrected chi connectivity index (χ3v) is 3.44. The predicted octanol–water partition coefficient (Wildman–Crippen LogP) is 1.68. The largest absolute Gasteiger partial charge is 0.389 e. The minimum Gasteiger partial charge on any atom is -0.389 e. The third kappa shape index (κ3) is 2.85. The van der Waals surface area contributed by atoms with E-state index in [9.17, 15) is 4.39 Å². The first-order chi connectivity index (χ1) is 8.59. The molecular formula is C13H17FN2OS. The van der Waals surface area contributed by atoms with Crippen LogP contribution in [0.4, 0.5) is 4.39 Å². The molecule has 2 N–H and O–H groups in total. The van der Waals surface area contributed by atoms with E-state index in [4.69, 9.17) is 22.7 Å². The molecule has 1 saturated heterocycles. The summed E-state index contributed by atoms with van der Waals surface area (Å²) in [5, 5.41) is 0. The van der Waals surface area contributed by atoms with Gasteiger partial charge in [0, 0.05) is 30.3 Å². The van der Waals surface area contributed by atoms with Gasteiger partial charge in [-0.3, -0.25) is 4.90 Å². The summed E-state index contributed by atoms with van der Waals surface area (Å²) in [4.78, 5) is 2.30. The average molecular weight is 268 g/mol. The fourth-order valence-corrected chi connectivity index (χ4v) is 2.27. The maximum Gasteiger partial charge on any atom is 0.137 e. The van der Waals surface area contributed by atoms with Gasteiger partial charge in [-0.2, -0.15) is 0 Å². The molecule has 1 heterocycles. The molecular weight excluding hydrogens is 251 g/mol. The molecule has 0 aliphatic carbocycles. The molecule has 1 unspecified atom stereocenters. The molecule has 0 radical (unpaired) electrons. The van der Waals surface area contributed by atoms with Crippen LogP contribution in [0.25, 0.3) is 0 Å². The van der Waals surface area contributed by atoms with Gasteiger partial charge in [-0.25, -0.2) is 4.39 Å². The second kappa shape index (κ2) is 5.73. The maximum atomic E-state index is 14.2. The highest BCUT2D eigenvalue weighted by atomic mass is 32.1. The molecule has 0 amide bonds. The molecule has 3 nitrogen and oxygen atoms in total. The zero-order valence-corrected chi connectivity index (χ0v) is 11.2. The number of nitrogens with two attached hydrogens (primary N) is 1. The van der Waals surface area contributed by atoms with Crippen LogP contribution in [-0.2, 0) is 11.3 Å². The van der Waals surface area contributed by atoms with Crippen molar-refractivity contribution in [1.29, 1.82) is 0 Å². The minimum atomic E-state index is -0.302. The molecule has 1 aliphatic heterocycles. The van der Waals surface area contributed by atoms with Crippen molar-refractivity contribution < 1.29 is 9.13 Å². The van der Waals surface area contributed by atoms with Crippen molar-refractivity contribution >= 4 is 17.2 Å². The molecule has 18 heavy (non-hydrogen) atoms. The Morgan fingerprint density at radius 3 is 3.06 bits per heavy atom. The van der Waals surface area contributed by atoms with E-state index in [1.165, 1.54) is 0 Å². The van der Waals surface area contributed by atoms with E-state index in [1.807, 2.05) is 0 Å². The van der Waals surface area contributed by atoms with Gasteiger partial charge in [0.05, 0.1) is 13.2 Å². The zero-order valence-electron chi connectivity index (χ0n) is 10.4. The normalized spacial score (nSPS) is 20.9. The van der Waals surface area contributed by atoms with E-state index in [2.05, 4.69) is 11.8 Å². The fourth-order valence-electron chi connectivity index (χ4n) is 2.11. The summed E-state index contributed by atoms with van der Waals surface area (Å²) < 4.78 is 19.5. The molecule has 0 saturated carbocycles. The maximum absolute atomic E-state index is 14.2. The Hall–Kier alpha value is -1.04. The lowest BCUT2D eigenvalue weighted by molar-refractivity contribution is -0.00480. The van der Waals surface area contributed by atoms with Crippen LogP contribution in [0.1, 0.15) is 18.1 Å². The Morgan fingerprint density at radius 2 is 2.39 bits per heavy atom. The summed E-state index contributed by atoms with van der Waals surface area (Å²) in [5.74, 6) is -0.302. The molecule has 0 aromatic heterocycles. The second-order valence-corrected chi connectivity index (χ2v) is 4.98. The molecule has 1 aromatic rings. The van der Waals surface area contributed by atoms with Gasteiger partial charge >= 0.3 is 0 Å². The van der Waals surface area contributed by atoms with E-state index in [1.54, 1.807) is 18.2 Å². The number of thiocarbonyl (C=S) groups is 1. The van der Waals surface area contributed by atoms with Crippen LogP contribution in [0.15, 0.2) is 18.2 Å². The van der Waals surface area contributed by atoms with Gasteiger partial charge in [-0.1, -0.05) is 24.4 Å². The van der Waals surface area contributed by atoms with E-state index in [-0.39, 0.29) is 10.8 Å². The van der Waals surface area contributed by atoms with Crippen molar-refractivity contribution in [3.05, 3.63) is 35.1 Å². The van der Waals surface area contributed by atoms with Gasteiger partial charge in [-0.05, 0) is 13.0 Å². The molecule has 0 spiro atoms. The standard InChI is InChI=1S/C13H17FN2OS/c1-9-8-17-6-5-16(9)7-10-3-2-4-11(12(10)14)13(15)18/h2-4,9H,5-8H2,1H3,(H2,15,18). The number of benzene rings is 1. The number of hydrogen-bond donors (Lipinski definition) is 1. The smallest absolute Gasteiger partial charge is 0.137 e. The lowest BCUT2D eigenvalue weighted by atomic mass is 10.1. The van der Waals surface area contributed by atoms with Crippen LogP contribution >= 0.6 is 12.2 Å². The van der Waals surface area contributed by atoms with Crippen LogP contribution in [0, 0.1) is 5.82 Å². The zero-order chi connectivity index (χ0) is 13.1. The monoisotopic (exact) mass is 268 g/mol. The number of nitrogens with zero attached hydrogens (tertiary/aromatic N) is 1. The van der Waals surface area contributed by atoms with Crippen molar-refractivity contribution in [2.45, 2.75) is 19.5 Å². The van der Waals surface area contributed by atoms with Crippen LogP contribution < -0.4 is 5.73 Å². The first-order valence-corrected chi connectivity index (χ1v) is 6.39. The van der Waals surface area contributed by atoms with Crippen molar-refractivity contribution in [1.82, 2.24) is 4.90 Å². The van der Waals surface area contributed by atoms with Crippen molar-refractivity contribution in [2.75, 3.05) is 19.8 Å². The van der Waals surface area contributed by atoms with Crippen molar-refractivity contribution in [2.24, 2.45) is 5.73 Å². The number of morpholine rings is 1. The molecule has 1 aliphatic rings. The number of ether oxygens (including phenoxy) is 1. The highest BCUT2D eigenvalue weighted by molar-refractivity contribution is 7.80. The SMILES string of the molecule is CC1COCCN1Cc1cccc(C(N)=S)c1F. The number of rotatable bonds is 3. The molecule has 98 valence electrons. The van der Waals surface area contributed by atoms with Crippen LogP contribution in [0.2, 0.25) is 0 Å². The van der Waals surface area contributed by atoms with Gasteiger partial charge in [0.25, 0.3) is 0 Å². The summed E-state index contributed by atoms with van der Waals surface area (Å²) in [7, 11) is 0. The third-order valence-electron chi connectivity index (χ3n) is 3.22. The molecule has 1 aromatic carbocycles. The predicted molar refractivity (Wildman–Crippen MR) is 73.0 cm³/mol. The molecule has 5 heteroatoms. The van der Waals surface area contributed by atoms with Crippen molar-refractivity contribution in [3.63, 3.8) is 0 Å². The van der Waals surface area contributed by atoms with Gasteiger partial charge < -0.3 is 10.5 Å². The summed E-state index contributed by atoms with van der Waals surface area (Å²) >= 11 is 4.84. The van der Waals surface area contributed by atoms with Crippen LogP contribution in [0.5, 0.6) is 0 Å². The van der Waals surface area contributed by atoms with E-state index < -0.39 is 0 Å². The molecule has 2 rings (SSSR count). The quantitative estimate of drug-likeness (QED) is 0.847. The average Bonchev–Trinajstić information content (AvgIpc) is 2.34. The first-order valence-electron chi connectivity index (χ1n) is 5.98. The highest BCUT2D eigenvalue weighted by Crippen LogP contribution is 2.17. The Kier molecular flexibility index (Phi) is 4.27. The summed E-state index contributed by atoms with van der Waals surface area (Å²) in [6, 6.07) is 5.48. The van der Waals surface area contributed by atoms with E-state index in [0.29, 0.717) is 36.9 Å². The Bertz CT molecular complexity index is 453. The second-order valence-electron chi connectivity index (χ2n) is 4.54. The van der Waals surface area contributed by atoms with E-state index in [0.717, 1.165) is 6.54 Å². The molecule has 0 bridgehead atoms. The number of halogens is 1. The molecule has 1 fully saturated rings. The van der Waals surface area contributed by atoms with Gasteiger partial charge in [0.15, 0.2) is 0 Å².